The van der Waals surface area contributed by atoms with Gasteiger partial charge in [0.25, 0.3) is 0 Å². The number of nitrogens with zero attached hydrogens (tertiary/aromatic N) is 6. The van der Waals surface area contributed by atoms with Crippen LogP contribution in [0.5, 0.6) is 0 Å². The molecule has 1 atom stereocenters. The van der Waals surface area contributed by atoms with Gasteiger partial charge in [0.05, 0.1) is 29.3 Å². The third-order valence-electron chi connectivity index (χ3n) is 4.85. The van der Waals surface area contributed by atoms with Gasteiger partial charge in [0.15, 0.2) is 0 Å². The molecule has 1 saturated heterocycles. The summed E-state index contributed by atoms with van der Waals surface area (Å²) in [5.41, 5.74) is 4.39. The summed E-state index contributed by atoms with van der Waals surface area (Å²) in [5, 5.41) is 12.0. The van der Waals surface area contributed by atoms with Gasteiger partial charge < -0.3 is 5.32 Å². The molecule has 1 aliphatic rings. The van der Waals surface area contributed by atoms with E-state index in [2.05, 4.69) is 37.3 Å². The molecule has 1 N–H and O–H groups in total. The van der Waals surface area contributed by atoms with Crippen LogP contribution in [0.1, 0.15) is 41.5 Å². The predicted octanol–water partition coefficient (Wildman–Crippen LogP) is 3.53. The Balaban J connectivity index is 1.49. The average Bonchev–Trinajstić information content (AvgIpc) is 3.19. The van der Waals surface area contributed by atoms with E-state index in [9.17, 15) is 0 Å². The van der Waals surface area contributed by atoms with Gasteiger partial charge in [-0.15, -0.1) is 0 Å². The Morgan fingerprint density at radius 3 is 2.82 bits per heavy atom. The average molecular weight is 371 g/mol. The van der Waals surface area contributed by atoms with Gasteiger partial charge in [0.2, 0.25) is 5.95 Å². The van der Waals surface area contributed by atoms with Crippen molar-refractivity contribution >= 4 is 11.6 Å². The monoisotopic (exact) mass is 371 g/mol. The van der Waals surface area contributed by atoms with Crippen molar-refractivity contribution in [3.63, 3.8) is 0 Å². The van der Waals surface area contributed by atoms with Crippen molar-refractivity contribution in [3.05, 3.63) is 71.6 Å². The van der Waals surface area contributed by atoms with E-state index in [0.717, 1.165) is 43.0 Å². The lowest BCUT2D eigenvalue weighted by molar-refractivity contribution is 0.241. The van der Waals surface area contributed by atoms with Crippen LogP contribution in [0.3, 0.4) is 0 Å². The van der Waals surface area contributed by atoms with Crippen LogP contribution in [-0.4, -0.2) is 31.4 Å². The van der Waals surface area contributed by atoms with Gasteiger partial charge >= 0.3 is 0 Å². The number of hydrogen-bond donors (Lipinski definition) is 1. The summed E-state index contributed by atoms with van der Waals surface area (Å²) in [7, 11) is 0. The van der Waals surface area contributed by atoms with Gasteiger partial charge in [0, 0.05) is 18.9 Å². The Kier molecular flexibility index (Phi) is 5.22. The number of anilines is 2. The standard InChI is InChI=1S/C21H21N7/c1-15-4-5-18(24-12-15)14-28-10-2-3-20(28)19-8-9-23-21(27-19)26-17-7-6-16(11-22)25-13-17/h4-9,12-13,20H,2-3,10,14H2,1H3,(H,23,26,27)/t20-/m1/s1. The lowest BCUT2D eigenvalue weighted by Gasteiger charge is -2.24. The van der Waals surface area contributed by atoms with Crippen molar-refractivity contribution in [2.24, 2.45) is 0 Å². The van der Waals surface area contributed by atoms with Crippen LogP contribution in [0, 0.1) is 18.3 Å². The van der Waals surface area contributed by atoms with E-state index < -0.39 is 0 Å². The van der Waals surface area contributed by atoms with E-state index in [4.69, 9.17) is 10.2 Å². The smallest absolute Gasteiger partial charge is 0.227 e. The zero-order valence-electron chi connectivity index (χ0n) is 15.7. The topological polar surface area (TPSA) is 90.6 Å². The summed E-state index contributed by atoms with van der Waals surface area (Å²) in [5.74, 6) is 0.532. The minimum Gasteiger partial charge on any atom is -0.323 e. The lowest BCUT2D eigenvalue weighted by Crippen LogP contribution is -2.24. The van der Waals surface area contributed by atoms with Crippen molar-refractivity contribution in [2.75, 3.05) is 11.9 Å². The molecule has 0 unspecified atom stereocenters. The summed E-state index contributed by atoms with van der Waals surface area (Å²) >= 11 is 0. The van der Waals surface area contributed by atoms with Gasteiger partial charge in [0.1, 0.15) is 11.8 Å². The first kappa shape index (κ1) is 18.0. The van der Waals surface area contributed by atoms with Crippen LogP contribution < -0.4 is 5.32 Å². The molecule has 4 rings (SSSR count). The first-order chi connectivity index (χ1) is 13.7. The van der Waals surface area contributed by atoms with Gasteiger partial charge in [-0.2, -0.15) is 5.26 Å². The molecule has 7 heteroatoms. The molecule has 28 heavy (non-hydrogen) atoms. The molecular weight excluding hydrogens is 350 g/mol. The fraction of sp³-hybridized carbons (Fsp3) is 0.286. The van der Waals surface area contributed by atoms with Gasteiger partial charge in [-0.05, 0) is 56.1 Å². The molecule has 140 valence electrons. The van der Waals surface area contributed by atoms with E-state index in [-0.39, 0.29) is 6.04 Å². The molecule has 7 nitrogen and oxygen atoms in total. The molecule has 0 amide bonds. The molecule has 1 fully saturated rings. The highest BCUT2D eigenvalue weighted by molar-refractivity contribution is 5.52. The van der Waals surface area contributed by atoms with Gasteiger partial charge in [-0.25, -0.2) is 15.0 Å². The summed E-state index contributed by atoms with van der Waals surface area (Å²) in [6, 6.07) is 11.9. The predicted molar refractivity (Wildman–Crippen MR) is 106 cm³/mol. The number of hydrogen-bond acceptors (Lipinski definition) is 7. The third kappa shape index (κ3) is 4.13. The normalized spacial score (nSPS) is 16.6. The van der Waals surface area contributed by atoms with E-state index >= 15 is 0 Å². The molecule has 3 aromatic heterocycles. The second-order valence-electron chi connectivity index (χ2n) is 6.93. The molecule has 4 heterocycles. The van der Waals surface area contributed by atoms with Crippen LogP contribution in [0.2, 0.25) is 0 Å². The van der Waals surface area contributed by atoms with E-state index in [0.29, 0.717) is 11.6 Å². The fourth-order valence-electron chi connectivity index (χ4n) is 3.43. The Hall–Kier alpha value is -3.37. The molecule has 0 radical (unpaired) electrons. The van der Waals surface area contributed by atoms with Crippen molar-refractivity contribution in [1.82, 2.24) is 24.8 Å². The highest BCUT2D eigenvalue weighted by Gasteiger charge is 2.27. The fourth-order valence-corrected chi connectivity index (χ4v) is 3.43. The highest BCUT2D eigenvalue weighted by Crippen LogP contribution is 2.32. The van der Waals surface area contributed by atoms with Crippen LogP contribution in [0.15, 0.2) is 48.9 Å². The maximum atomic E-state index is 8.85. The summed E-state index contributed by atoms with van der Waals surface area (Å²) < 4.78 is 0. The van der Waals surface area contributed by atoms with Crippen molar-refractivity contribution in [3.8, 4) is 6.07 Å². The molecule has 3 aromatic rings. The quantitative estimate of drug-likeness (QED) is 0.733. The first-order valence-corrected chi connectivity index (χ1v) is 9.33. The number of aromatic nitrogens is 4. The molecule has 0 aromatic carbocycles. The van der Waals surface area contributed by atoms with Gasteiger partial charge in [-0.3, -0.25) is 9.88 Å². The Bertz CT molecular complexity index is 977. The molecule has 0 bridgehead atoms. The van der Waals surface area contributed by atoms with Crippen LogP contribution in [-0.2, 0) is 6.54 Å². The molecule has 0 spiro atoms. The molecular formula is C21H21N7. The number of aryl methyl sites for hydroxylation is 1. The molecule has 1 aliphatic heterocycles. The van der Waals surface area contributed by atoms with E-state index in [1.165, 1.54) is 5.56 Å². The molecule has 0 saturated carbocycles. The number of nitriles is 1. The lowest BCUT2D eigenvalue weighted by atomic mass is 10.1. The number of likely N-dealkylation sites (tertiary alicyclic amines) is 1. The van der Waals surface area contributed by atoms with Crippen molar-refractivity contribution in [2.45, 2.75) is 32.4 Å². The van der Waals surface area contributed by atoms with Gasteiger partial charge in [-0.1, -0.05) is 6.07 Å². The van der Waals surface area contributed by atoms with Crippen molar-refractivity contribution in [1.29, 1.82) is 5.26 Å². The van der Waals surface area contributed by atoms with E-state index in [1.54, 1.807) is 24.5 Å². The van der Waals surface area contributed by atoms with Crippen LogP contribution in [0.25, 0.3) is 0 Å². The highest BCUT2D eigenvalue weighted by atomic mass is 15.2. The Morgan fingerprint density at radius 1 is 1.14 bits per heavy atom. The second kappa shape index (κ2) is 8.11. The SMILES string of the molecule is Cc1ccc(CN2CCC[C@@H]2c2ccnc(Nc3ccc(C#N)nc3)n2)nc1. The number of rotatable bonds is 5. The zero-order chi connectivity index (χ0) is 19.3. The minimum atomic E-state index is 0.255. The first-order valence-electron chi connectivity index (χ1n) is 9.33. The van der Waals surface area contributed by atoms with Crippen LogP contribution >= 0.6 is 0 Å². The van der Waals surface area contributed by atoms with Crippen molar-refractivity contribution < 1.29 is 0 Å². The minimum absolute atomic E-state index is 0.255. The number of nitrogens with one attached hydrogen (secondary N) is 1. The maximum absolute atomic E-state index is 8.85. The third-order valence-corrected chi connectivity index (χ3v) is 4.85. The number of pyridine rings is 2. The van der Waals surface area contributed by atoms with Crippen LogP contribution in [0.4, 0.5) is 11.6 Å². The Morgan fingerprint density at radius 2 is 2.07 bits per heavy atom. The second-order valence-corrected chi connectivity index (χ2v) is 6.93. The summed E-state index contributed by atoms with van der Waals surface area (Å²) in [6.07, 6.45) is 7.52. The summed E-state index contributed by atoms with van der Waals surface area (Å²) in [6.45, 7) is 3.90. The largest absolute Gasteiger partial charge is 0.323 e. The zero-order valence-corrected chi connectivity index (χ0v) is 15.7. The molecule has 0 aliphatic carbocycles. The van der Waals surface area contributed by atoms with E-state index in [1.807, 2.05) is 25.3 Å². The maximum Gasteiger partial charge on any atom is 0.227 e. The summed E-state index contributed by atoms with van der Waals surface area (Å²) in [4.78, 5) is 20.1. The Labute approximate surface area is 164 Å².